The number of β-amino-alcohol motifs (C(OH)–C–C–N with tert-alkyl or cyclic N) is 1. The Balaban J connectivity index is 2.22. The third-order valence-corrected chi connectivity index (χ3v) is 2.51. The molecule has 0 aromatic heterocycles. The molecule has 0 amide bonds. The van der Waals surface area contributed by atoms with Crippen molar-refractivity contribution in [3.05, 3.63) is 0 Å². The van der Waals surface area contributed by atoms with Crippen LogP contribution in [-0.2, 0) is 4.74 Å². The second kappa shape index (κ2) is 5.58. The molecule has 1 saturated heterocycles. The van der Waals surface area contributed by atoms with E-state index in [0.29, 0.717) is 12.1 Å². The highest BCUT2D eigenvalue weighted by molar-refractivity contribution is 4.78. The second-order valence-corrected chi connectivity index (χ2v) is 3.94. The van der Waals surface area contributed by atoms with E-state index in [1.54, 1.807) is 0 Å². The van der Waals surface area contributed by atoms with Crippen molar-refractivity contribution in [3.8, 4) is 0 Å². The largest absolute Gasteiger partial charge is 0.395 e. The maximum absolute atomic E-state index is 8.84. The maximum atomic E-state index is 8.84. The van der Waals surface area contributed by atoms with Crippen LogP contribution in [0.15, 0.2) is 0 Å². The van der Waals surface area contributed by atoms with Gasteiger partial charge in [0.25, 0.3) is 0 Å². The smallest absolute Gasteiger partial charge is 0.0625 e. The third-order valence-electron chi connectivity index (χ3n) is 2.51. The Labute approximate surface area is 80.7 Å². The molecule has 0 aliphatic carbocycles. The lowest BCUT2D eigenvalue weighted by atomic mass is 10.2. The van der Waals surface area contributed by atoms with E-state index in [0.717, 1.165) is 19.7 Å². The topological polar surface area (TPSA) is 32.7 Å². The SMILES string of the molecule is CC(C)OCC1CCCN1CCO. The summed E-state index contributed by atoms with van der Waals surface area (Å²) in [7, 11) is 0. The summed E-state index contributed by atoms with van der Waals surface area (Å²) in [6, 6.07) is 0.537. The van der Waals surface area contributed by atoms with Crippen molar-refractivity contribution in [1.29, 1.82) is 0 Å². The van der Waals surface area contributed by atoms with E-state index in [-0.39, 0.29) is 6.61 Å². The quantitative estimate of drug-likeness (QED) is 0.693. The molecule has 78 valence electrons. The van der Waals surface area contributed by atoms with Gasteiger partial charge in [0.05, 0.1) is 19.3 Å². The Morgan fingerprint density at radius 3 is 2.92 bits per heavy atom. The van der Waals surface area contributed by atoms with Crippen molar-refractivity contribution < 1.29 is 9.84 Å². The van der Waals surface area contributed by atoms with E-state index in [9.17, 15) is 0 Å². The first kappa shape index (κ1) is 11.0. The predicted octanol–water partition coefficient (Wildman–Crippen LogP) is 0.868. The van der Waals surface area contributed by atoms with Crippen LogP contribution in [0.25, 0.3) is 0 Å². The zero-order valence-corrected chi connectivity index (χ0v) is 8.70. The summed E-state index contributed by atoms with van der Waals surface area (Å²) in [5, 5.41) is 8.84. The van der Waals surface area contributed by atoms with Crippen LogP contribution in [-0.4, -0.2) is 48.5 Å². The van der Waals surface area contributed by atoms with E-state index in [1.807, 2.05) is 0 Å². The van der Waals surface area contributed by atoms with Crippen LogP contribution in [0.5, 0.6) is 0 Å². The first-order valence-electron chi connectivity index (χ1n) is 5.20. The lowest BCUT2D eigenvalue weighted by Gasteiger charge is -2.24. The van der Waals surface area contributed by atoms with Crippen LogP contribution >= 0.6 is 0 Å². The Morgan fingerprint density at radius 2 is 2.31 bits per heavy atom. The van der Waals surface area contributed by atoms with E-state index in [4.69, 9.17) is 9.84 Å². The monoisotopic (exact) mass is 187 g/mol. The average Bonchev–Trinajstić information content (AvgIpc) is 2.49. The molecule has 1 unspecified atom stereocenters. The van der Waals surface area contributed by atoms with Gasteiger partial charge in [-0.25, -0.2) is 0 Å². The standard InChI is InChI=1S/C10H21NO2/c1-9(2)13-8-10-4-3-5-11(10)6-7-12/h9-10,12H,3-8H2,1-2H3. The van der Waals surface area contributed by atoms with E-state index < -0.39 is 0 Å². The van der Waals surface area contributed by atoms with Gasteiger partial charge in [-0.2, -0.15) is 0 Å². The summed E-state index contributed by atoms with van der Waals surface area (Å²) >= 11 is 0. The lowest BCUT2D eigenvalue weighted by molar-refractivity contribution is 0.0336. The van der Waals surface area contributed by atoms with Gasteiger partial charge in [-0.3, -0.25) is 4.90 Å². The normalized spacial score (nSPS) is 24.5. The molecule has 1 rings (SSSR count). The summed E-state index contributed by atoms with van der Waals surface area (Å²) in [6.07, 6.45) is 2.77. The van der Waals surface area contributed by atoms with Crippen LogP contribution in [0.1, 0.15) is 26.7 Å². The van der Waals surface area contributed by atoms with Crippen LogP contribution in [0.3, 0.4) is 0 Å². The van der Waals surface area contributed by atoms with Gasteiger partial charge in [-0.05, 0) is 33.2 Å². The highest BCUT2D eigenvalue weighted by Gasteiger charge is 2.23. The van der Waals surface area contributed by atoms with Crippen LogP contribution < -0.4 is 0 Å². The van der Waals surface area contributed by atoms with Crippen molar-refractivity contribution in [3.63, 3.8) is 0 Å². The zero-order chi connectivity index (χ0) is 9.68. The van der Waals surface area contributed by atoms with Crippen LogP contribution in [0.2, 0.25) is 0 Å². The molecule has 1 aliphatic rings. The Bertz CT molecular complexity index is 139. The number of likely N-dealkylation sites (tertiary alicyclic amines) is 1. The molecule has 0 bridgehead atoms. The van der Waals surface area contributed by atoms with Crippen molar-refractivity contribution in [2.24, 2.45) is 0 Å². The number of nitrogens with zero attached hydrogens (tertiary/aromatic N) is 1. The fourth-order valence-electron chi connectivity index (χ4n) is 1.81. The maximum Gasteiger partial charge on any atom is 0.0625 e. The van der Waals surface area contributed by atoms with Gasteiger partial charge in [0, 0.05) is 12.6 Å². The second-order valence-electron chi connectivity index (χ2n) is 3.94. The number of aliphatic hydroxyl groups excluding tert-OH is 1. The Hall–Kier alpha value is -0.120. The molecule has 0 saturated carbocycles. The van der Waals surface area contributed by atoms with Crippen molar-refractivity contribution in [1.82, 2.24) is 4.90 Å². The van der Waals surface area contributed by atoms with Gasteiger partial charge in [-0.15, -0.1) is 0 Å². The molecule has 3 heteroatoms. The van der Waals surface area contributed by atoms with Gasteiger partial charge >= 0.3 is 0 Å². The van der Waals surface area contributed by atoms with Gasteiger partial charge in [0.2, 0.25) is 0 Å². The molecular formula is C10H21NO2. The molecule has 13 heavy (non-hydrogen) atoms. The Kier molecular flexibility index (Phi) is 4.70. The summed E-state index contributed by atoms with van der Waals surface area (Å²) in [4.78, 5) is 2.32. The summed E-state index contributed by atoms with van der Waals surface area (Å²) < 4.78 is 5.58. The minimum Gasteiger partial charge on any atom is -0.395 e. The molecule has 3 nitrogen and oxygen atoms in total. The van der Waals surface area contributed by atoms with Crippen LogP contribution in [0, 0.1) is 0 Å². The molecule has 1 atom stereocenters. The molecule has 1 fully saturated rings. The van der Waals surface area contributed by atoms with E-state index in [1.165, 1.54) is 12.8 Å². The van der Waals surface area contributed by atoms with E-state index in [2.05, 4.69) is 18.7 Å². The predicted molar refractivity (Wildman–Crippen MR) is 52.8 cm³/mol. The number of ether oxygens (including phenoxy) is 1. The molecular weight excluding hydrogens is 166 g/mol. The van der Waals surface area contributed by atoms with Gasteiger partial charge in [0.15, 0.2) is 0 Å². The average molecular weight is 187 g/mol. The minimum atomic E-state index is 0.262. The Morgan fingerprint density at radius 1 is 1.54 bits per heavy atom. The first-order valence-corrected chi connectivity index (χ1v) is 5.20. The minimum absolute atomic E-state index is 0.262. The highest BCUT2D eigenvalue weighted by Crippen LogP contribution is 2.17. The number of rotatable bonds is 5. The summed E-state index contributed by atoms with van der Waals surface area (Å²) in [5.41, 5.74) is 0. The molecule has 0 radical (unpaired) electrons. The zero-order valence-electron chi connectivity index (χ0n) is 8.70. The van der Waals surface area contributed by atoms with E-state index >= 15 is 0 Å². The van der Waals surface area contributed by atoms with Gasteiger partial charge < -0.3 is 9.84 Å². The fourth-order valence-corrected chi connectivity index (χ4v) is 1.81. The number of hydrogen-bond donors (Lipinski definition) is 1. The molecule has 0 aromatic carbocycles. The van der Waals surface area contributed by atoms with Gasteiger partial charge in [0.1, 0.15) is 0 Å². The number of aliphatic hydroxyl groups is 1. The highest BCUT2D eigenvalue weighted by atomic mass is 16.5. The van der Waals surface area contributed by atoms with Crippen molar-refractivity contribution in [2.75, 3.05) is 26.3 Å². The molecule has 1 N–H and O–H groups in total. The molecule has 0 spiro atoms. The molecule has 0 aromatic rings. The van der Waals surface area contributed by atoms with Crippen molar-refractivity contribution in [2.45, 2.75) is 38.8 Å². The summed E-state index contributed by atoms with van der Waals surface area (Å²) in [5.74, 6) is 0. The number of hydrogen-bond acceptors (Lipinski definition) is 3. The molecule has 1 aliphatic heterocycles. The van der Waals surface area contributed by atoms with Crippen LogP contribution in [0.4, 0.5) is 0 Å². The summed E-state index contributed by atoms with van der Waals surface area (Å²) in [6.45, 7) is 7.12. The van der Waals surface area contributed by atoms with Crippen molar-refractivity contribution >= 4 is 0 Å². The third kappa shape index (κ3) is 3.63. The first-order chi connectivity index (χ1) is 6.24. The molecule has 1 heterocycles. The lowest BCUT2D eigenvalue weighted by Crippen LogP contribution is -2.35. The fraction of sp³-hybridized carbons (Fsp3) is 1.00. The van der Waals surface area contributed by atoms with Gasteiger partial charge in [-0.1, -0.05) is 0 Å².